The largest absolute Gasteiger partial charge is 0.353 e. The van der Waals surface area contributed by atoms with Crippen molar-refractivity contribution in [2.45, 2.75) is 51.3 Å². The lowest BCUT2D eigenvalue weighted by atomic mass is 9.83. The van der Waals surface area contributed by atoms with Crippen LogP contribution in [0, 0.1) is 5.92 Å². The molecular formula is C23H30ClN3O4. The van der Waals surface area contributed by atoms with Gasteiger partial charge in [-0.3, -0.25) is 19.3 Å². The van der Waals surface area contributed by atoms with Crippen LogP contribution in [-0.4, -0.2) is 77.0 Å². The molecule has 31 heavy (non-hydrogen) atoms. The number of carbonyl (C=O) groups excluding carboxylic acids is 3. The Morgan fingerprint density at radius 1 is 1.06 bits per heavy atom. The van der Waals surface area contributed by atoms with Crippen molar-refractivity contribution in [3.8, 4) is 0 Å². The lowest BCUT2D eigenvalue weighted by Gasteiger charge is -2.44. The Bertz CT molecular complexity index is 860. The lowest BCUT2D eigenvalue weighted by molar-refractivity contribution is -0.142. The molecule has 1 aromatic carbocycles. The highest BCUT2D eigenvalue weighted by Gasteiger charge is 2.54. The van der Waals surface area contributed by atoms with Crippen molar-refractivity contribution in [3.63, 3.8) is 0 Å². The number of halogens is 1. The fraction of sp³-hybridized carbons (Fsp3) is 0.609. The van der Waals surface area contributed by atoms with Crippen molar-refractivity contribution in [1.82, 2.24) is 14.7 Å². The summed E-state index contributed by atoms with van der Waals surface area (Å²) in [6, 6.07) is 6.20. The Labute approximate surface area is 188 Å². The zero-order chi connectivity index (χ0) is 22.2. The summed E-state index contributed by atoms with van der Waals surface area (Å²) in [6.45, 7) is 5.92. The van der Waals surface area contributed by atoms with Gasteiger partial charge >= 0.3 is 0 Å². The van der Waals surface area contributed by atoms with E-state index in [9.17, 15) is 14.4 Å². The van der Waals surface area contributed by atoms with Crippen LogP contribution in [0.25, 0.3) is 0 Å². The number of hydrogen-bond donors (Lipinski definition) is 0. The molecule has 1 aliphatic carbocycles. The van der Waals surface area contributed by atoms with Gasteiger partial charge in [-0.2, -0.15) is 0 Å². The summed E-state index contributed by atoms with van der Waals surface area (Å²) < 4.78 is 6.26. The van der Waals surface area contributed by atoms with Crippen LogP contribution in [0.5, 0.6) is 0 Å². The van der Waals surface area contributed by atoms with Crippen LogP contribution in [0.15, 0.2) is 24.3 Å². The molecule has 0 aromatic heterocycles. The third-order valence-electron chi connectivity index (χ3n) is 6.93. The van der Waals surface area contributed by atoms with Gasteiger partial charge in [0.1, 0.15) is 11.8 Å². The second kappa shape index (κ2) is 8.79. The van der Waals surface area contributed by atoms with E-state index in [1.54, 1.807) is 45.9 Å². The van der Waals surface area contributed by atoms with E-state index in [1.165, 1.54) is 0 Å². The van der Waals surface area contributed by atoms with E-state index in [4.69, 9.17) is 16.3 Å². The van der Waals surface area contributed by atoms with Crippen LogP contribution in [0.4, 0.5) is 0 Å². The van der Waals surface area contributed by atoms with Crippen LogP contribution in [0.1, 0.15) is 49.9 Å². The summed E-state index contributed by atoms with van der Waals surface area (Å²) in [7, 11) is 0. The van der Waals surface area contributed by atoms with Gasteiger partial charge in [0, 0.05) is 43.7 Å². The van der Waals surface area contributed by atoms with E-state index in [0.29, 0.717) is 42.7 Å². The van der Waals surface area contributed by atoms with Gasteiger partial charge in [0.05, 0.1) is 6.61 Å². The van der Waals surface area contributed by atoms with Crippen molar-refractivity contribution in [1.29, 1.82) is 0 Å². The zero-order valence-electron chi connectivity index (χ0n) is 18.2. The molecule has 1 atom stereocenters. The Kier molecular flexibility index (Phi) is 6.26. The highest BCUT2D eigenvalue weighted by Crippen LogP contribution is 2.43. The Morgan fingerprint density at radius 3 is 2.32 bits per heavy atom. The van der Waals surface area contributed by atoms with Gasteiger partial charge in [0.2, 0.25) is 11.8 Å². The molecule has 0 bridgehead atoms. The van der Waals surface area contributed by atoms with Gasteiger partial charge < -0.3 is 14.5 Å². The molecule has 1 saturated carbocycles. The lowest BCUT2D eigenvalue weighted by Crippen LogP contribution is -2.59. The van der Waals surface area contributed by atoms with E-state index in [2.05, 4.69) is 6.92 Å². The molecular weight excluding hydrogens is 418 g/mol. The standard InChI is InChI=1S/C23H30ClN3O4/c1-16-6-8-23(9-7-16)27(21(29)18-4-3-5-19(24)14-18)20(15-31-23)22(30)26-12-10-25(11-13-26)17(2)28/h3-5,14,16,20H,6-13,15H2,1-2H3/t16?,20-,23?/m1/s1. The summed E-state index contributed by atoms with van der Waals surface area (Å²) >= 11 is 6.14. The van der Waals surface area contributed by atoms with Gasteiger partial charge in [0.25, 0.3) is 5.91 Å². The highest BCUT2D eigenvalue weighted by atomic mass is 35.5. The van der Waals surface area contributed by atoms with Crippen molar-refractivity contribution in [3.05, 3.63) is 34.9 Å². The van der Waals surface area contributed by atoms with Crippen molar-refractivity contribution in [2.24, 2.45) is 5.92 Å². The molecule has 2 saturated heterocycles. The van der Waals surface area contributed by atoms with Crippen molar-refractivity contribution < 1.29 is 19.1 Å². The molecule has 0 radical (unpaired) electrons. The maximum absolute atomic E-state index is 13.7. The predicted molar refractivity (Wildman–Crippen MR) is 117 cm³/mol. The average molecular weight is 448 g/mol. The molecule has 168 valence electrons. The SMILES string of the molecule is CC(=O)N1CCN(C(=O)[C@H]2COC3(CCC(C)CC3)N2C(=O)c2cccc(Cl)c2)CC1. The minimum Gasteiger partial charge on any atom is -0.353 e. The third-order valence-corrected chi connectivity index (χ3v) is 7.16. The van der Waals surface area contributed by atoms with Gasteiger partial charge in [-0.15, -0.1) is 0 Å². The number of piperazine rings is 1. The average Bonchev–Trinajstić information content (AvgIpc) is 3.13. The minimum atomic E-state index is -0.743. The first-order valence-corrected chi connectivity index (χ1v) is 11.5. The maximum Gasteiger partial charge on any atom is 0.256 e. The van der Waals surface area contributed by atoms with Crippen molar-refractivity contribution >= 4 is 29.3 Å². The topological polar surface area (TPSA) is 70.2 Å². The van der Waals surface area contributed by atoms with E-state index in [1.807, 2.05) is 0 Å². The maximum atomic E-state index is 13.7. The summed E-state index contributed by atoms with van der Waals surface area (Å²) in [6.07, 6.45) is 3.36. The molecule has 1 aromatic rings. The zero-order valence-corrected chi connectivity index (χ0v) is 18.9. The number of nitrogens with zero attached hydrogens (tertiary/aromatic N) is 3. The Hall–Kier alpha value is -2.12. The van der Waals surface area contributed by atoms with Gasteiger partial charge in [-0.05, 0) is 49.8 Å². The molecule has 2 aliphatic heterocycles. The number of ether oxygens (including phenoxy) is 1. The number of carbonyl (C=O) groups is 3. The molecule has 4 rings (SSSR count). The van der Waals surface area contributed by atoms with E-state index >= 15 is 0 Å². The summed E-state index contributed by atoms with van der Waals surface area (Å²) in [5.41, 5.74) is -0.275. The Balaban J connectivity index is 1.59. The first-order chi connectivity index (χ1) is 14.8. The van der Waals surface area contributed by atoms with E-state index in [-0.39, 0.29) is 24.3 Å². The van der Waals surface area contributed by atoms with Crippen molar-refractivity contribution in [2.75, 3.05) is 32.8 Å². The molecule has 7 nitrogen and oxygen atoms in total. The molecule has 2 heterocycles. The smallest absolute Gasteiger partial charge is 0.256 e. The molecule has 0 unspecified atom stereocenters. The first-order valence-electron chi connectivity index (χ1n) is 11.1. The summed E-state index contributed by atoms with van der Waals surface area (Å²) in [5.74, 6) is 0.278. The van der Waals surface area contributed by atoms with Crippen LogP contribution >= 0.6 is 11.6 Å². The number of hydrogen-bond acceptors (Lipinski definition) is 4. The van der Waals surface area contributed by atoms with Crippen LogP contribution in [0.3, 0.4) is 0 Å². The van der Waals surface area contributed by atoms with E-state index in [0.717, 1.165) is 25.7 Å². The molecule has 0 N–H and O–H groups in total. The second-order valence-corrected chi connectivity index (χ2v) is 9.41. The van der Waals surface area contributed by atoms with Gasteiger partial charge in [-0.25, -0.2) is 0 Å². The Morgan fingerprint density at radius 2 is 1.71 bits per heavy atom. The normalized spacial score (nSPS) is 28.8. The van der Waals surface area contributed by atoms with Crippen LogP contribution in [0.2, 0.25) is 5.02 Å². The molecule has 8 heteroatoms. The van der Waals surface area contributed by atoms with Gasteiger partial charge in [-0.1, -0.05) is 24.6 Å². The van der Waals surface area contributed by atoms with Gasteiger partial charge in [0.15, 0.2) is 0 Å². The fourth-order valence-corrected chi connectivity index (χ4v) is 5.17. The van der Waals surface area contributed by atoms with E-state index < -0.39 is 11.8 Å². The third kappa shape index (κ3) is 4.30. The minimum absolute atomic E-state index is 0.0179. The highest BCUT2D eigenvalue weighted by molar-refractivity contribution is 6.31. The number of amides is 3. The fourth-order valence-electron chi connectivity index (χ4n) is 4.98. The monoisotopic (exact) mass is 447 g/mol. The number of benzene rings is 1. The second-order valence-electron chi connectivity index (χ2n) is 8.97. The molecule has 3 aliphatic rings. The quantitative estimate of drug-likeness (QED) is 0.699. The molecule has 1 spiro atoms. The molecule has 3 fully saturated rings. The first kappa shape index (κ1) is 22.1. The predicted octanol–water partition coefficient (Wildman–Crippen LogP) is 2.78. The van der Waals surface area contributed by atoms with Crippen LogP contribution < -0.4 is 0 Å². The van der Waals surface area contributed by atoms with Crippen LogP contribution in [-0.2, 0) is 14.3 Å². The summed E-state index contributed by atoms with van der Waals surface area (Å²) in [4.78, 5) is 44.0. The molecule has 3 amide bonds. The number of rotatable bonds is 2. The summed E-state index contributed by atoms with van der Waals surface area (Å²) in [5, 5.41) is 0.487.